The molecule has 0 atom stereocenters. The molecule has 0 saturated heterocycles. The Balaban J connectivity index is 1.60. The predicted octanol–water partition coefficient (Wildman–Crippen LogP) is 3.11. The number of para-hydroxylation sites is 1. The van der Waals surface area contributed by atoms with Crippen LogP contribution in [0, 0.1) is 5.82 Å². The number of amides is 1. The molecule has 0 aliphatic carbocycles. The molecule has 10 heteroatoms. The molecular formula is C22H19FN4O4S. The molecule has 4 rings (SSSR count). The van der Waals surface area contributed by atoms with Crippen LogP contribution in [0.4, 0.5) is 4.39 Å². The summed E-state index contributed by atoms with van der Waals surface area (Å²) >= 11 is 0. The van der Waals surface area contributed by atoms with Crippen LogP contribution in [0.2, 0.25) is 0 Å². The molecule has 0 aliphatic heterocycles. The minimum Gasteiger partial charge on any atom is -0.438 e. The monoisotopic (exact) mass is 454 g/mol. The number of furan rings is 1. The maximum Gasteiger partial charge on any atom is 0.287 e. The van der Waals surface area contributed by atoms with Crippen molar-refractivity contribution in [3.05, 3.63) is 90.1 Å². The van der Waals surface area contributed by atoms with E-state index < -0.39 is 15.9 Å². The number of aromatic nitrogens is 2. The van der Waals surface area contributed by atoms with E-state index in [-0.39, 0.29) is 23.2 Å². The first-order valence-electron chi connectivity index (χ1n) is 9.59. The van der Waals surface area contributed by atoms with Gasteiger partial charge in [-0.1, -0.05) is 18.2 Å². The Kier molecular flexibility index (Phi) is 5.89. The molecular weight excluding hydrogens is 435 g/mol. The summed E-state index contributed by atoms with van der Waals surface area (Å²) in [4.78, 5) is 12.5. The SMILES string of the molecule is CNS(=O)(=O)c1ccc(C(=O)NCc2cn(-c3ccccc3)nc2-c2ccc(F)cc2)o1. The lowest BCUT2D eigenvalue weighted by Crippen LogP contribution is -2.22. The zero-order valence-electron chi connectivity index (χ0n) is 16.9. The van der Waals surface area contributed by atoms with Crippen LogP contribution in [0.25, 0.3) is 16.9 Å². The number of hydrogen-bond acceptors (Lipinski definition) is 5. The summed E-state index contributed by atoms with van der Waals surface area (Å²) in [6.45, 7) is 0.0905. The van der Waals surface area contributed by atoms with Gasteiger partial charge in [-0.25, -0.2) is 22.2 Å². The molecule has 0 spiro atoms. The average molecular weight is 454 g/mol. The minimum absolute atomic E-state index is 0.0905. The number of rotatable bonds is 7. The second-order valence-corrected chi connectivity index (χ2v) is 8.62. The van der Waals surface area contributed by atoms with E-state index in [1.165, 1.54) is 31.3 Å². The van der Waals surface area contributed by atoms with Crippen molar-refractivity contribution in [3.63, 3.8) is 0 Å². The van der Waals surface area contributed by atoms with E-state index in [9.17, 15) is 17.6 Å². The third-order valence-electron chi connectivity index (χ3n) is 4.71. The standard InChI is InChI=1S/C22H19FN4O4S/c1-24-32(29,30)20-12-11-19(31-20)22(28)25-13-16-14-27(18-5-3-2-4-6-18)26-21(16)15-7-9-17(23)10-8-15/h2-12,14,24H,13H2,1H3,(H,25,28). The van der Waals surface area contributed by atoms with Gasteiger partial charge in [-0.3, -0.25) is 4.79 Å². The Hall–Kier alpha value is -3.76. The fourth-order valence-electron chi connectivity index (χ4n) is 3.05. The van der Waals surface area contributed by atoms with E-state index in [1.807, 2.05) is 30.3 Å². The lowest BCUT2D eigenvalue weighted by Gasteiger charge is -2.04. The Morgan fingerprint density at radius 1 is 1.06 bits per heavy atom. The minimum atomic E-state index is -3.79. The molecule has 0 aliphatic rings. The van der Waals surface area contributed by atoms with Gasteiger partial charge in [-0.2, -0.15) is 5.10 Å². The van der Waals surface area contributed by atoms with Crippen molar-refractivity contribution in [1.82, 2.24) is 19.8 Å². The number of halogens is 1. The number of hydrogen-bond donors (Lipinski definition) is 2. The van der Waals surface area contributed by atoms with Gasteiger partial charge < -0.3 is 9.73 Å². The van der Waals surface area contributed by atoms with Gasteiger partial charge in [-0.05, 0) is 55.6 Å². The third kappa shape index (κ3) is 4.46. The molecule has 2 heterocycles. The fraction of sp³-hybridized carbons (Fsp3) is 0.0909. The zero-order chi connectivity index (χ0) is 22.7. The Morgan fingerprint density at radius 3 is 2.47 bits per heavy atom. The van der Waals surface area contributed by atoms with E-state index >= 15 is 0 Å². The van der Waals surface area contributed by atoms with Crippen molar-refractivity contribution >= 4 is 15.9 Å². The summed E-state index contributed by atoms with van der Waals surface area (Å²) < 4.78 is 46.0. The third-order valence-corrected chi connectivity index (χ3v) is 5.99. The number of carbonyl (C=O) groups is 1. The summed E-state index contributed by atoms with van der Waals surface area (Å²) in [5, 5.41) is 6.97. The Morgan fingerprint density at radius 2 is 1.78 bits per heavy atom. The molecule has 1 amide bonds. The average Bonchev–Trinajstić information content (AvgIpc) is 3.47. The maximum atomic E-state index is 13.4. The predicted molar refractivity (Wildman–Crippen MR) is 115 cm³/mol. The lowest BCUT2D eigenvalue weighted by molar-refractivity contribution is 0.0918. The molecule has 8 nitrogen and oxygen atoms in total. The van der Waals surface area contributed by atoms with Crippen molar-refractivity contribution in [2.24, 2.45) is 0 Å². The van der Waals surface area contributed by atoms with E-state index in [2.05, 4.69) is 15.1 Å². The van der Waals surface area contributed by atoms with E-state index in [4.69, 9.17) is 4.42 Å². The number of carbonyl (C=O) groups excluding carboxylic acids is 1. The van der Waals surface area contributed by atoms with Gasteiger partial charge in [0.15, 0.2) is 5.76 Å². The summed E-state index contributed by atoms with van der Waals surface area (Å²) in [6, 6.07) is 17.8. The Labute approximate surface area is 183 Å². The van der Waals surface area contributed by atoms with Gasteiger partial charge in [0, 0.05) is 23.9 Å². The summed E-state index contributed by atoms with van der Waals surface area (Å²) in [6.07, 6.45) is 1.77. The first kappa shape index (κ1) is 21.5. The van der Waals surface area contributed by atoms with Gasteiger partial charge in [0.1, 0.15) is 5.82 Å². The second-order valence-electron chi connectivity index (χ2n) is 6.80. The molecule has 164 valence electrons. The van der Waals surface area contributed by atoms with Crippen molar-refractivity contribution in [1.29, 1.82) is 0 Å². The highest BCUT2D eigenvalue weighted by atomic mass is 32.2. The maximum absolute atomic E-state index is 13.4. The molecule has 0 bridgehead atoms. The van der Waals surface area contributed by atoms with Crippen LogP contribution in [-0.4, -0.2) is 31.2 Å². The molecule has 0 fully saturated rings. The van der Waals surface area contributed by atoms with Crippen LogP contribution in [0.1, 0.15) is 16.1 Å². The summed E-state index contributed by atoms with van der Waals surface area (Å²) in [5.74, 6) is -1.09. The van der Waals surface area contributed by atoms with Crippen LogP contribution in [0.5, 0.6) is 0 Å². The zero-order valence-corrected chi connectivity index (χ0v) is 17.8. The molecule has 2 aromatic carbocycles. The van der Waals surface area contributed by atoms with Crippen LogP contribution in [-0.2, 0) is 16.6 Å². The van der Waals surface area contributed by atoms with Crippen molar-refractivity contribution in [3.8, 4) is 16.9 Å². The van der Waals surface area contributed by atoms with Gasteiger partial charge >= 0.3 is 0 Å². The Bertz CT molecular complexity index is 1350. The van der Waals surface area contributed by atoms with Gasteiger partial charge in [-0.15, -0.1) is 0 Å². The number of sulfonamides is 1. The molecule has 0 unspecified atom stereocenters. The first-order chi connectivity index (χ1) is 15.4. The highest BCUT2D eigenvalue weighted by Crippen LogP contribution is 2.24. The smallest absolute Gasteiger partial charge is 0.287 e. The first-order valence-corrected chi connectivity index (χ1v) is 11.1. The van der Waals surface area contributed by atoms with Crippen LogP contribution < -0.4 is 10.0 Å². The molecule has 2 N–H and O–H groups in total. The largest absolute Gasteiger partial charge is 0.438 e. The molecule has 32 heavy (non-hydrogen) atoms. The van der Waals surface area contributed by atoms with Gasteiger partial charge in [0.2, 0.25) is 5.09 Å². The topological polar surface area (TPSA) is 106 Å². The van der Waals surface area contributed by atoms with E-state index in [0.29, 0.717) is 16.8 Å². The fourth-order valence-corrected chi connectivity index (χ4v) is 3.70. The van der Waals surface area contributed by atoms with Crippen molar-refractivity contribution < 1.29 is 22.0 Å². The van der Waals surface area contributed by atoms with Crippen molar-refractivity contribution in [2.45, 2.75) is 11.6 Å². The second kappa shape index (κ2) is 8.77. The van der Waals surface area contributed by atoms with Crippen LogP contribution in [0.3, 0.4) is 0 Å². The number of benzene rings is 2. The highest BCUT2D eigenvalue weighted by molar-refractivity contribution is 7.89. The van der Waals surface area contributed by atoms with E-state index in [1.54, 1.807) is 23.0 Å². The summed E-state index contributed by atoms with van der Waals surface area (Å²) in [5.41, 5.74) is 2.77. The number of nitrogens with zero attached hydrogens (tertiary/aromatic N) is 2. The van der Waals surface area contributed by atoms with Crippen molar-refractivity contribution in [2.75, 3.05) is 7.05 Å². The quantitative estimate of drug-likeness (QED) is 0.446. The van der Waals surface area contributed by atoms with Crippen LogP contribution >= 0.6 is 0 Å². The van der Waals surface area contributed by atoms with Crippen LogP contribution in [0.15, 0.2) is 82.4 Å². The number of nitrogens with one attached hydrogen (secondary N) is 2. The normalized spacial score (nSPS) is 11.4. The molecule has 0 saturated carbocycles. The summed E-state index contributed by atoms with van der Waals surface area (Å²) in [7, 11) is -2.54. The molecule has 0 radical (unpaired) electrons. The van der Waals surface area contributed by atoms with Gasteiger partial charge in [0.05, 0.1) is 11.4 Å². The van der Waals surface area contributed by atoms with Gasteiger partial charge in [0.25, 0.3) is 15.9 Å². The molecule has 2 aromatic heterocycles. The highest BCUT2D eigenvalue weighted by Gasteiger charge is 2.20. The molecule has 4 aromatic rings. The lowest BCUT2D eigenvalue weighted by atomic mass is 10.1. The van der Waals surface area contributed by atoms with E-state index in [0.717, 1.165) is 5.69 Å².